The largest absolute Gasteiger partial charge is 0.369 e. The van der Waals surface area contributed by atoms with E-state index in [1.165, 1.54) is 0 Å². The van der Waals surface area contributed by atoms with Crippen molar-refractivity contribution in [1.82, 2.24) is 68.3 Å². The molecule has 0 spiro atoms. The number of carbonyl (C=O) groups is 11. The van der Waals surface area contributed by atoms with Gasteiger partial charge in [-0.1, -0.05) is 193 Å². The molecule has 2 aromatic carbocycles. The second kappa shape index (κ2) is 53.0. The lowest BCUT2D eigenvalue weighted by Gasteiger charge is -2.38. The fraction of sp³-hybridized carbons (Fsp3) is 0.744. The Morgan fingerprint density at radius 3 is 0.974 bits per heavy atom. The standard InChI is InChI=1S/C89H149N15O11.CH4/c1-12-19-24-37-70(77(105)64(8)9)93-83(111)74(38-25-20-13-2)95-85(113)76(41-28-34-55-91-81(109)72(36-16-5)98-87(115)89(52-31-23-32-53-89)100-79(107)67-44-48-69(49-45-67)104-62-58-102(18-7)59-63-104)96-84(112)75(39-26-21-14-3)94-82(110)73(92-65(10)11)40-27-33-54-90-80(108)71(35-15-4)97-86(114)88(50-29-22-30-51-88)99-78(106)66-42-46-68(47-43-66)103-60-56-101(17-6)57-61-103;/h42-49,64-65,70-76,92H,12-41,50-63H2,1-11H3,(H,90,108)(H,91,109)(H,93,111)(H,94,110)(H,95,113)(H,96,112)(H,97,114)(H,98,115)(H,99,106)(H,100,107);1H4/t70?,71-,72-,73?,74?,75?,76?;/m0./s1. The predicted octanol–water partition coefficient (Wildman–Crippen LogP) is 10.6. The van der Waals surface area contributed by atoms with E-state index in [1.807, 2.05) is 90.1 Å². The molecule has 2 aliphatic carbocycles. The molecular weight excluding hydrogens is 1470 g/mol. The topological polar surface area (TPSA) is 333 Å². The number of rotatable bonds is 52. The van der Waals surface area contributed by atoms with Crippen molar-refractivity contribution < 1.29 is 52.7 Å². The minimum absolute atomic E-state index is 0. The first-order valence-electron chi connectivity index (χ1n) is 44.9. The number of nitrogens with zero attached hydrogens (tertiary/aromatic N) is 4. The van der Waals surface area contributed by atoms with Crippen LogP contribution >= 0.6 is 0 Å². The highest BCUT2D eigenvalue weighted by Gasteiger charge is 2.45. The molecule has 11 N–H and O–H groups in total. The Kier molecular flexibility index (Phi) is 45.1. The summed E-state index contributed by atoms with van der Waals surface area (Å²) >= 11 is 0. The SMILES string of the molecule is C.CCCCCC(NC(=O)C(CCCCNC(=O)[C@H](CCC)NC(=O)C1(NC(=O)c2ccc(N3CCN(CC)CC3)cc2)CCCCC1)NC(C)C)C(=O)NC(CCCCNC(=O)[C@H](CCC)NC(=O)C1(NC(=O)c2ccc(N3CCN(CC)CC3)cc2)CCCCC1)C(=O)NC(CCCCC)C(=O)NC(CCCCC)C(=O)C(C)C. The molecule has 2 aliphatic heterocycles. The van der Waals surface area contributed by atoms with Gasteiger partial charge in [-0.05, 0) is 158 Å². The van der Waals surface area contributed by atoms with Crippen molar-refractivity contribution in [2.45, 2.75) is 348 Å². The van der Waals surface area contributed by atoms with Crippen molar-refractivity contribution in [1.29, 1.82) is 0 Å². The highest BCUT2D eigenvalue weighted by molar-refractivity contribution is 6.02. The van der Waals surface area contributed by atoms with Gasteiger partial charge in [-0.15, -0.1) is 0 Å². The molecule has 2 saturated carbocycles. The maximum absolute atomic E-state index is 15.0. The van der Waals surface area contributed by atoms with E-state index in [9.17, 15) is 47.9 Å². The molecule has 5 unspecified atom stereocenters. The van der Waals surface area contributed by atoms with Gasteiger partial charge in [0.15, 0.2) is 5.78 Å². The van der Waals surface area contributed by atoms with Crippen LogP contribution in [0.25, 0.3) is 0 Å². The third-order valence-corrected chi connectivity index (χ3v) is 23.7. The minimum atomic E-state index is -1.21. The van der Waals surface area contributed by atoms with Crippen LogP contribution in [0.5, 0.6) is 0 Å². The van der Waals surface area contributed by atoms with Crippen LogP contribution in [0, 0.1) is 5.92 Å². The molecule has 0 bridgehead atoms. The van der Waals surface area contributed by atoms with Gasteiger partial charge in [0.25, 0.3) is 11.8 Å². The zero-order chi connectivity index (χ0) is 83.7. The number of unbranched alkanes of at least 4 members (excludes halogenated alkanes) is 8. The molecule has 2 heterocycles. The van der Waals surface area contributed by atoms with Crippen molar-refractivity contribution in [3.8, 4) is 0 Å². The quantitative estimate of drug-likeness (QED) is 0.0274. The van der Waals surface area contributed by atoms with E-state index in [2.05, 4.69) is 98.9 Å². The second-order valence-electron chi connectivity index (χ2n) is 33.5. The van der Waals surface area contributed by atoms with Gasteiger partial charge in [-0.25, -0.2) is 0 Å². The Labute approximate surface area is 696 Å². The molecule has 7 atom stereocenters. The van der Waals surface area contributed by atoms with Crippen molar-refractivity contribution in [3.63, 3.8) is 0 Å². The summed E-state index contributed by atoms with van der Waals surface area (Å²) in [4.78, 5) is 167. The van der Waals surface area contributed by atoms with Crippen LogP contribution in [0.15, 0.2) is 48.5 Å². The maximum atomic E-state index is 15.0. The van der Waals surface area contributed by atoms with Crippen molar-refractivity contribution >= 4 is 76.2 Å². The summed E-state index contributed by atoms with van der Waals surface area (Å²) in [5.74, 6) is -4.71. The zero-order valence-electron chi connectivity index (χ0n) is 72.2. The number of benzene rings is 2. The smallest absolute Gasteiger partial charge is 0.252 e. The molecule has 4 fully saturated rings. The summed E-state index contributed by atoms with van der Waals surface area (Å²) in [6.07, 6.45) is 18.6. The predicted molar refractivity (Wildman–Crippen MR) is 464 cm³/mol. The lowest BCUT2D eigenvalue weighted by atomic mass is 9.80. The highest BCUT2D eigenvalue weighted by Crippen LogP contribution is 2.32. The Morgan fingerprint density at radius 1 is 0.345 bits per heavy atom. The van der Waals surface area contributed by atoms with Gasteiger partial charge >= 0.3 is 0 Å². The molecule has 26 nitrogen and oxygen atoms in total. The van der Waals surface area contributed by atoms with Gasteiger partial charge < -0.3 is 78.1 Å². The summed E-state index contributed by atoms with van der Waals surface area (Å²) in [7, 11) is 0. The lowest BCUT2D eigenvalue weighted by Crippen LogP contribution is -2.62. The molecule has 26 heteroatoms. The Morgan fingerprint density at radius 2 is 0.655 bits per heavy atom. The Balaban J connectivity index is 0.0000240. The van der Waals surface area contributed by atoms with E-state index in [1.54, 1.807) is 13.8 Å². The molecule has 4 aliphatic rings. The van der Waals surface area contributed by atoms with E-state index in [4.69, 9.17) is 0 Å². The first-order valence-corrected chi connectivity index (χ1v) is 44.9. The van der Waals surface area contributed by atoms with Crippen LogP contribution in [-0.2, 0) is 43.2 Å². The Bertz CT molecular complexity index is 3310. The van der Waals surface area contributed by atoms with Crippen molar-refractivity contribution in [2.24, 2.45) is 5.92 Å². The van der Waals surface area contributed by atoms with Gasteiger partial charge in [0.05, 0.1) is 12.1 Å². The highest BCUT2D eigenvalue weighted by atomic mass is 16.2. The van der Waals surface area contributed by atoms with E-state index >= 15 is 4.79 Å². The molecule has 6 rings (SSSR count). The zero-order valence-corrected chi connectivity index (χ0v) is 72.2. The molecule has 116 heavy (non-hydrogen) atoms. The number of carbonyl (C=O) groups excluding carboxylic acids is 11. The summed E-state index contributed by atoms with van der Waals surface area (Å²) < 4.78 is 0. The van der Waals surface area contributed by atoms with Gasteiger partial charge in [0.2, 0.25) is 47.3 Å². The van der Waals surface area contributed by atoms with E-state index in [0.29, 0.717) is 114 Å². The van der Waals surface area contributed by atoms with Crippen LogP contribution in [0.4, 0.5) is 11.4 Å². The second-order valence-corrected chi connectivity index (χ2v) is 33.5. The lowest BCUT2D eigenvalue weighted by molar-refractivity contribution is -0.135. The van der Waals surface area contributed by atoms with E-state index in [0.717, 1.165) is 160 Å². The normalized spacial score (nSPS) is 17.5. The molecule has 2 aromatic rings. The molecule has 0 aromatic heterocycles. The van der Waals surface area contributed by atoms with E-state index < -0.39 is 88.8 Å². The van der Waals surface area contributed by atoms with Crippen molar-refractivity contribution in [3.05, 3.63) is 59.7 Å². The van der Waals surface area contributed by atoms with Crippen LogP contribution in [0.3, 0.4) is 0 Å². The van der Waals surface area contributed by atoms with Gasteiger partial charge in [-0.2, -0.15) is 0 Å². The number of amides is 10. The first-order chi connectivity index (χ1) is 55.4. The minimum Gasteiger partial charge on any atom is -0.369 e. The number of ketones is 1. The van der Waals surface area contributed by atoms with Crippen LogP contribution in [0.2, 0.25) is 0 Å². The summed E-state index contributed by atoms with van der Waals surface area (Å²) in [6, 6.07) is 8.42. The third-order valence-electron chi connectivity index (χ3n) is 23.7. The maximum Gasteiger partial charge on any atom is 0.252 e. The monoisotopic (exact) mass is 1620 g/mol. The van der Waals surface area contributed by atoms with Crippen LogP contribution in [0.1, 0.15) is 310 Å². The van der Waals surface area contributed by atoms with Gasteiger partial charge in [-0.3, -0.25) is 52.7 Å². The Hall–Kier alpha value is -7.71. The van der Waals surface area contributed by atoms with Crippen LogP contribution < -0.4 is 68.3 Å². The van der Waals surface area contributed by atoms with Gasteiger partial charge in [0, 0.05) is 99.9 Å². The fourth-order valence-electron chi connectivity index (χ4n) is 16.4. The summed E-state index contributed by atoms with van der Waals surface area (Å²) in [5.41, 5.74) is 0.622. The average molecular weight is 1620 g/mol. The molecule has 0 radical (unpaired) electrons. The number of anilines is 2. The number of likely N-dealkylation sites (N-methyl/N-ethyl adjacent to an activating group) is 2. The fourth-order valence-corrected chi connectivity index (χ4v) is 16.4. The summed E-state index contributed by atoms with van der Waals surface area (Å²) in [6.45, 7) is 31.8. The molecule has 654 valence electrons. The number of hydrogen-bond donors (Lipinski definition) is 11. The number of piperazine rings is 2. The molecule has 10 amide bonds. The van der Waals surface area contributed by atoms with E-state index in [-0.39, 0.29) is 81.2 Å². The molecule has 2 saturated heterocycles. The molecular formula is C90H153N15O11. The number of Topliss-reactive ketones (excluding diaryl/α,β-unsaturated/α-hetero) is 1. The van der Waals surface area contributed by atoms with Crippen LogP contribution in [-0.4, -0.2) is 213 Å². The number of hydrogen-bond acceptors (Lipinski definition) is 16. The number of nitrogens with one attached hydrogen (secondary N) is 11. The van der Waals surface area contributed by atoms with Crippen molar-refractivity contribution in [2.75, 3.05) is 88.3 Å². The summed E-state index contributed by atoms with van der Waals surface area (Å²) in [5, 5.41) is 33.8. The van der Waals surface area contributed by atoms with Gasteiger partial charge in [0.1, 0.15) is 41.3 Å². The average Bonchev–Trinajstić information content (AvgIpc) is 0.801. The third kappa shape index (κ3) is 32.2. The first kappa shape index (κ1) is 98.9.